The lowest BCUT2D eigenvalue weighted by Crippen LogP contribution is -2.33. The third-order valence-electron chi connectivity index (χ3n) is 3.17. The maximum atomic E-state index is 10.5. The standard InChI is InChI=1S/C11H13NO2S/c13-6-10-2-1-9(14-10)4-12-5-11-3-8(12)7-15-11/h1-2,6,8,11H,3-5,7H2. The quantitative estimate of drug-likeness (QED) is 0.731. The number of aldehydes is 1. The molecule has 2 atom stereocenters. The number of hydrogen-bond donors (Lipinski definition) is 0. The highest BCUT2D eigenvalue weighted by molar-refractivity contribution is 8.00. The van der Waals surface area contributed by atoms with Gasteiger partial charge in [-0.3, -0.25) is 9.69 Å². The van der Waals surface area contributed by atoms with Crippen LogP contribution in [0.1, 0.15) is 22.7 Å². The van der Waals surface area contributed by atoms with E-state index in [0.29, 0.717) is 5.76 Å². The Bertz CT molecular complexity index is 376. The van der Waals surface area contributed by atoms with Crippen molar-refractivity contribution in [3.8, 4) is 0 Å². The fraction of sp³-hybridized carbons (Fsp3) is 0.545. The number of hydrogen-bond acceptors (Lipinski definition) is 4. The molecule has 0 amide bonds. The average molecular weight is 223 g/mol. The fourth-order valence-corrected chi connectivity index (χ4v) is 3.91. The summed E-state index contributed by atoms with van der Waals surface area (Å²) in [6, 6.07) is 4.37. The van der Waals surface area contributed by atoms with Crippen LogP contribution in [0.4, 0.5) is 0 Å². The van der Waals surface area contributed by atoms with E-state index in [1.54, 1.807) is 6.07 Å². The van der Waals surface area contributed by atoms with E-state index in [2.05, 4.69) is 16.7 Å². The van der Waals surface area contributed by atoms with Gasteiger partial charge in [0.25, 0.3) is 0 Å². The van der Waals surface area contributed by atoms with Crippen molar-refractivity contribution >= 4 is 18.0 Å². The summed E-state index contributed by atoms with van der Waals surface area (Å²) in [7, 11) is 0. The molecular formula is C11H13NO2S. The van der Waals surface area contributed by atoms with Crippen molar-refractivity contribution in [2.24, 2.45) is 0 Å². The summed E-state index contributed by atoms with van der Waals surface area (Å²) in [6.07, 6.45) is 2.08. The predicted octanol–water partition coefficient (Wildman–Crippen LogP) is 1.78. The third-order valence-corrected chi connectivity index (χ3v) is 4.56. The van der Waals surface area contributed by atoms with E-state index in [9.17, 15) is 4.79 Å². The van der Waals surface area contributed by atoms with Crippen LogP contribution in [-0.2, 0) is 6.54 Å². The van der Waals surface area contributed by atoms with Crippen LogP contribution in [0, 0.1) is 0 Å². The highest BCUT2D eigenvalue weighted by Crippen LogP contribution is 2.38. The van der Waals surface area contributed by atoms with Gasteiger partial charge in [0, 0.05) is 23.6 Å². The van der Waals surface area contributed by atoms with Gasteiger partial charge in [-0.2, -0.15) is 11.8 Å². The molecule has 15 heavy (non-hydrogen) atoms. The van der Waals surface area contributed by atoms with Crippen LogP contribution in [-0.4, -0.2) is 34.8 Å². The number of carbonyl (C=O) groups excluding carboxylic acids is 1. The van der Waals surface area contributed by atoms with Crippen LogP contribution < -0.4 is 0 Å². The number of fused-ring (bicyclic) bond motifs is 2. The smallest absolute Gasteiger partial charge is 0.185 e. The molecule has 4 heteroatoms. The summed E-state index contributed by atoms with van der Waals surface area (Å²) < 4.78 is 5.39. The number of likely N-dealkylation sites (tertiary alicyclic amines) is 1. The summed E-state index contributed by atoms with van der Waals surface area (Å²) in [6.45, 7) is 2.03. The Balaban J connectivity index is 1.68. The highest BCUT2D eigenvalue weighted by atomic mass is 32.2. The van der Waals surface area contributed by atoms with Crippen molar-refractivity contribution in [2.45, 2.75) is 24.3 Å². The Morgan fingerprint density at radius 1 is 1.60 bits per heavy atom. The minimum atomic E-state index is 0.434. The van der Waals surface area contributed by atoms with Gasteiger partial charge in [-0.05, 0) is 18.6 Å². The number of thioether (sulfide) groups is 1. The molecule has 0 aromatic carbocycles. The molecule has 3 rings (SSSR count). The van der Waals surface area contributed by atoms with E-state index in [-0.39, 0.29) is 0 Å². The van der Waals surface area contributed by atoms with Gasteiger partial charge >= 0.3 is 0 Å². The average Bonchev–Trinajstić information content (AvgIpc) is 2.92. The first-order chi connectivity index (χ1) is 7.35. The SMILES string of the molecule is O=Cc1ccc(CN2CC3CC2CS3)o1. The van der Waals surface area contributed by atoms with Gasteiger partial charge in [-0.25, -0.2) is 0 Å². The zero-order valence-corrected chi connectivity index (χ0v) is 9.20. The molecule has 3 heterocycles. The first kappa shape index (κ1) is 9.48. The molecule has 1 aromatic rings. The molecule has 0 N–H and O–H groups in total. The van der Waals surface area contributed by atoms with Crippen LogP contribution in [0.5, 0.6) is 0 Å². The molecule has 2 aliphatic rings. The zero-order valence-electron chi connectivity index (χ0n) is 8.39. The van der Waals surface area contributed by atoms with Crippen LogP contribution in [0.3, 0.4) is 0 Å². The van der Waals surface area contributed by atoms with E-state index in [4.69, 9.17) is 4.42 Å². The summed E-state index contributed by atoms with van der Waals surface area (Å²) >= 11 is 2.09. The lowest BCUT2D eigenvalue weighted by Gasteiger charge is -2.25. The minimum Gasteiger partial charge on any atom is -0.457 e. The first-order valence-corrected chi connectivity index (χ1v) is 6.29. The Hall–Kier alpha value is -0.740. The second kappa shape index (κ2) is 3.68. The molecule has 2 saturated heterocycles. The topological polar surface area (TPSA) is 33.5 Å². The Labute approximate surface area is 92.8 Å². The second-order valence-electron chi connectivity index (χ2n) is 4.20. The van der Waals surface area contributed by atoms with E-state index in [1.165, 1.54) is 18.7 Å². The van der Waals surface area contributed by atoms with E-state index >= 15 is 0 Å². The van der Waals surface area contributed by atoms with Crippen molar-refractivity contribution in [1.29, 1.82) is 0 Å². The monoisotopic (exact) mass is 223 g/mol. The summed E-state index contributed by atoms with van der Waals surface area (Å²) in [5.41, 5.74) is 0. The molecule has 2 bridgehead atoms. The third kappa shape index (κ3) is 1.72. The molecule has 0 radical (unpaired) electrons. The molecule has 0 aliphatic carbocycles. The Morgan fingerprint density at radius 2 is 2.53 bits per heavy atom. The lowest BCUT2D eigenvalue weighted by atomic mass is 10.2. The lowest BCUT2D eigenvalue weighted by molar-refractivity contribution is 0.109. The van der Waals surface area contributed by atoms with Crippen LogP contribution in [0.25, 0.3) is 0 Å². The number of nitrogens with zero attached hydrogens (tertiary/aromatic N) is 1. The molecule has 0 spiro atoms. The number of carbonyl (C=O) groups is 1. The molecule has 0 saturated carbocycles. The van der Waals surface area contributed by atoms with Gasteiger partial charge in [-0.1, -0.05) is 0 Å². The maximum absolute atomic E-state index is 10.5. The molecule has 3 nitrogen and oxygen atoms in total. The molecule has 1 aromatic heterocycles. The van der Waals surface area contributed by atoms with Crippen LogP contribution >= 0.6 is 11.8 Å². The highest BCUT2D eigenvalue weighted by Gasteiger charge is 2.38. The Kier molecular flexibility index (Phi) is 2.33. The maximum Gasteiger partial charge on any atom is 0.185 e. The van der Waals surface area contributed by atoms with E-state index in [1.807, 2.05) is 6.07 Å². The minimum absolute atomic E-state index is 0.434. The second-order valence-corrected chi connectivity index (χ2v) is 5.53. The molecule has 80 valence electrons. The van der Waals surface area contributed by atoms with Crippen LogP contribution in [0.2, 0.25) is 0 Å². The predicted molar refractivity (Wildman–Crippen MR) is 59.2 cm³/mol. The fourth-order valence-electron chi connectivity index (χ4n) is 2.42. The van der Waals surface area contributed by atoms with Crippen molar-refractivity contribution in [1.82, 2.24) is 4.90 Å². The summed E-state index contributed by atoms with van der Waals surface area (Å²) in [5.74, 6) is 2.60. The van der Waals surface area contributed by atoms with Crippen molar-refractivity contribution < 1.29 is 9.21 Å². The molecule has 2 aliphatic heterocycles. The van der Waals surface area contributed by atoms with Gasteiger partial charge in [0.2, 0.25) is 0 Å². The first-order valence-electron chi connectivity index (χ1n) is 5.24. The summed E-state index contributed by atoms with van der Waals surface area (Å²) in [5, 5.41) is 0.829. The molecule has 2 fully saturated rings. The van der Waals surface area contributed by atoms with Gasteiger partial charge in [0.05, 0.1) is 6.54 Å². The number of rotatable bonds is 3. The van der Waals surface area contributed by atoms with Crippen molar-refractivity contribution in [2.75, 3.05) is 12.3 Å². The van der Waals surface area contributed by atoms with E-state index in [0.717, 1.165) is 29.9 Å². The zero-order chi connectivity index (χ0) is 10.3. The van der Waals surface area contributed by atoms with E-state index < -0.39 is 0 Å². The normalized spacial score (nSPS) is 29.9. The van der Waals surface area contributed by atoms with Crippen LogP contribution in [0.15, 0.2) is 16.5 Å². The van der Waals surface area contributed by atoms with Gasteiger partial charge in [0.15, 0.2) is 12.0 Å². The largest absolute Gasteiger partial charge is 0.457 e. The van der Waals surface area contributed by atoms with Gasteiger partial charge in [-0.15, -0.1) is 0 Å². The van der Waals surface area contributed by atoms with Gasteiger partial charge < -0.3 is 4.42 Å². The molecule has 2 unspecified atom stereocenters. The van der Waals surface area contributed by atoms with Crippen molar-refractivity contribution in [3.63, 3.8) is 0 Å². The van der Waals surface area contributed by atoms with Gasteiger partial charge in [0.1, 0.15) is 5.76 Å². The summed E-state index contributed by atoms with van der Waals surface area (Å²) in [4.78, 5) is 12.9. The molecular weight excluding hydrogens is 210 g/mol. The Morgan fingerprint density at radius 3 is 3.13 bits per heavy atom. The van der Waals surface area contributed by atoms with Crippen molar-refractivity contribution in [3.05, 3.63) is 23.7 Å². The number of furan rings is 1.